The van der Waals surface area contributed by atoms with Gasteiger partial charge in [-0.05, 0) is 0 Å². The summed E-state index contributed by atoms with van der Waals surface area (Å²) in [4.78, 5) is 21.0. The summed E-state index contributed by atoms with van der Waals surface area (Å²) in [5.74, 6) is -2.00. The number of hydrogen-bond acceptors (Lipinski definition) is 3. The Morgan fingerprint density at radius 2 is 2.00 bits per heavy atom. The Morgan fingerprint density at radius 1 is 1.47 bits per heavy atom. The first-order chi connectivity index (χ1) is 6.68. The average molecular weight is 226 g/mol. The second-order valence-corrected chi connectivity index (χ2v) is 2.67. The first-order valence-corrected chi connectivity index (χ1v) is 3.50. The van der Waals surface area contributed by atoms with E-state index in [4.69, 9.17) is 10.2 Å². The summed E-state index contributed by atoms with van der Waals surface area (Å²) < 4.78 is 36.9. The van der Waals surface area contributed by atoms with Crippen LogP contribution in [0.2, 0.25) is 0 Å². The molecule has 1 aliphatic heterocycles. The van der Waals surface area contributed by atoms with Gasteiger partial charge in [0.15, 0.2) is 0 Å². The first kappa shape index (κ1) is 11.3. The van der Waals surface area contributed by atoms with Gasteiger partial charge in [-0.25, -0.2) is 9.59 Å². The predicted octanol–water partition coefficient (Wildman–Crippen LogP) is -0.481. The smallest absolute Gasteiger partial charge is 0.441 e. The highest BCUT2D eigenvalue weighted by molar-refractivity contribution is 5.93. The fraction of sp³-hybridized carbons (Fsp3) is 0.333. The molecule has 84 valence electrons. The number of halogens is 3. The highest BCUT2D eigenvalue weighted by Crippen LogP contribution is 2.34. The normalized spacial score (nSPS) is 26.4. The molecule has 4 N–H and O–H groups in total. The van der Waals surface area contributed by atoms with Gasteiger partial charge in [0, 0.05) is 6.20 Å². The zero-order valence-electron chi connectivity index (χ0n) is 6.92. The van der Waals surface area contributed by atoms with E-state index in [1.165, 1.54) is 0 Å². The van der Waals surface area contributed by atoms with Crippen molar-refractivity contribution in [2.75, 3.05) is 0 Å². The lowest BCUT2D eigenvalue weighted by Gasteiger charge is -2.33. The number of amides is 2. The van der Waals surface area contributed by atoms with Crippen molar-refractivity contribution < 1.29 is 33.0 Å². The van der Waals surface area contributed by atoms with E-state index in [2.05, 4.69) is 0 Å². The molecule has 0 bridgehead atoms. The molecule has 0 saturated heterocycles. The van der Waals surface area contributed by atoms with Gasteiger partial charge in [-0.1, -0.05) is 0 Å². The quantitative estimate of drug-likeness (QED) is 0.485. The van der Waals surface area contributed by atoms with Crippen LogP contribution in [0.5, 0.6) is 0 Å². The summed E-state index contributed by atoms with van der Waals surface area (Å²) in [5, 5.41) is 20.2. The third-order valence-electron chi connectivity index (χ3n) is 1.67. The van der Waals surface area contributed by atoms with E-state index >= 15 is 0 Å². The molecule has 6 nitrogen and oxygen atoms in total. The first-order valence-electron chi connectivity index (χ1n) is 3.50. The van der Waals surface area contributed by atoms with Crippen LogP contribution in [0.3, 0.4) is 0 Å². The topological polar surface area (TPSA) is 98.7 Å². The van der Waals surface area contributed by atoms with Gasteiger partial charge in [0.25, 0.3) is 5.72 Å². The minimum Gasteiger partial charge on any atom is -0.478 e. The number of carboxylic acid groups (broad SMARTS) is 1. The molecule has 1 rings (SSSR count). The predicted molar refractivity (Wildman–Crippen MR) is 38.4 cm³/mol. The Morgan fingerprint density at radius 3 is 2.40 bits per heavy atom. The second kappa shape index (κ2) is 3.12. The van der Waals surface area contributed by atoms with Crippen molar-refractivity contribution in [3.8, 4) is 0 Å². The standard InChI is InChI=1S/C6H5F3N2O4/c7-6(8,9)5(15)2(3(12)13)1-10-4(14)11-5/h1,15H,(H,12,13)(H2,10,11,14). The van der Waals surface area contributed by atoms with Crippen molar-refractivity contribution in [2.45, 2.75) is 11.9 Å². The second-order valence-electron chi connectivity index (χ2n) is 2.67. The van der Waals surface area contributed by atoms with E-state index in [0.29, 0.717) is 0 Å². The molecule has 0 fully saturated rings. The number of alkyl halides is 3. The molecule has 0 aromatic heterocycles. The average Bonchev–Trinajstić information content (AvgIpc) is 2.00. The van der Waals surface area contributed by atoms with Crippen LogP contribution in [0.25, 0.3) is 0 Å². The Kier molecular flexibility index (Phi) is 2.35. The van der Waals surface area contributed by atoms with Gasteiger partial charge in [0.2, 0.25) is 0 Å². The molecule has 0 spiro atoms. The zero-order valence-corrected chi connectivity index (χ0v) is 6.92. The van der Waals surface area contributed by atoms with Crippen LogP contribution in [0.15, 0.2) is 11.8 Å². The number of aliphatic hydroxyl groups is 1. The van der Waals surface area contributed by atoms with Crippen LogP contribution in [0.4, 0.5) is 18.0 Å². The molecule has 2 amide bonds. The third kappa shape index (κ3) is 1.73. The van der Waals surface area contributed by atoms with Crippen molar-refractivity contribution in [3.63, 3.8) is 0 Å². The van der Waals surface area contributed by atoms with E-state index in [9.17, 15) is 22.8 Å². The molecule has 0 aromatic carbocycles. The van der Waals surface area contributed by atoms with E-state index in [1.807, 2.05) is 0 Å². The summed E-state index contributed by atoms with van der Waals surface area (Å²) in [6, 6.07) is -1.35. The van der Waals surface area contributed by atoms with E-state index in [-0.39, 0.29) is 6.20 Å². The van der Waals surface area contributed by atoms with Crippen LogP contribution in [-0.4, -0.2) is 34.1 Å². The largest absolute Gasteiger partial charge is 0.478 e. The van der Waals surface area contributed by atoms with Gasteiger partial charge >= 0.3 is 18.2 Å². The van der Waals surface area contributed by atoms with Crippen molar-refractivity contribution in [2.24, 2.45) is 0 Å². The molecule has 9 heteroatoms. The molecule has 15 heavy (non-hydrogen) atoms. The fourth-order valence-electron chi connectivity index (χ4n) is 0.950. The van der Waals surface area contributed by atoms with E-state index in [0.717, 1.165) is 5.32 Å². The molecule has 1 atom stereocenters. The number of nitrogens with one attached hydrogen (secondary N) is 2. The maximum Gasteiger partial charge on any atom is 0.441 e. The van der Waals surface area contributed by atoms with Crippen molar-refractivity contribution in [1.82, 2.24) is 10.6 Å². The Labute approximate surface area is 80.4 Å². The van der Waals surface area contributed by atoms with E-state index < -0.39 is 29.5 Å². The van der Waals surface area contributed by atoms with Gasteiger partial charge in [0.1, 0.15) is 5.57 Å². The zero-order chi connectivity index (χ0) is 11.9. The number of rotatable bonds is 1. The van der Waals surface area contributed by atoms with Crippen LogP contribution in [0, 0.1) is 0 Å². The highest BCUT2D eigenvalue weighted by Gasteiger charge is 2.61. The molecule has 1 aliphatic rings. The van der Waals surface area contributed by atoms with Crippen LogP contribution >= 0.6 is 0 Å². The lowest BCUT2D eigenvalue weighted by atomic mass is 10.0. The third-order valence-corrected chi connectivity index (χ3v) is 1.67. The maximum absolute atomic E-state index is 12.3. The van der Waals surface area contributed by atoms with Crippen molar-refractivity contribution >= 4 is 12.0 Å². The Bertz CT molecular complexity index is 351. The van der Waals surface area contributed by atoms with Crippen LogP contribution < -0.4 is 10.6 Å². The van der Waals surface area contributed by atoms with Crippen molar-refractivity contribution in [3.05, 3.63) is 11.8 Å². The SMILES string of the molecule is O=C1NC=C(C(=O)O)C(O)(C(F)(F)F)N1. The Hall–Kier alpha value is -1.77. The number of aliphatic carboxylic acids is 1. The summed E-state index contributed by atoms with van der Waals surface area (Å²) in [5.41, 5.74) is -5.28. The summed E-state index contributed by atoms with van der Waals surface area (Å²) >= 11 is 0. The Balaban J connectivity index is 3.24. The number of carbonyl (C=O) groups excluding carboxylic acids is 1. The number of urea groups is 1. The van der Waals surface area contributed by atoms with Gasteiger partial charge in [-0.3, -0.25) is 5.32 Å². The minimum atomic E-state index is -5.32. The summed E-state index contributed by atoms with van der Waals surface area (Å²) in [6.45, 7) is 0. The highest BCUT2D eigenvalue weighted by atomic mass is 19.4. The van der Waals surface area contributed by atoms with Crippen LogP contribution in [0.1, 0.15) is 0 Å². The summed E-state index contributed by atoms with van der Waals surface area (Å²) in [7, 11) is 0. The fourth-order valence-corrected chi connectivity index (χ4v) is 0.950. The monoisotopic (exact) mass is 226 g/mol. The maximum atomic E-state index is 12.3. The molecule has 0 radical (unpaired) electrons. The molecule has 0 saturated carbocycles. The molecule has 1 heterocycles. The molecular weight excluding hydrogens is 221 g/mol. The van der Waals surface area contributed by atoms with Crippen molar-refractivity contribution in [1.29, 1.82) is 0 Å². The van der Waals surface area contributed by atoms with E-state index in [1.54, 1.807) is 5.32 Å². The lowest BCUT2D eigenvalue weighted by molar-refractivity contribution is -0.253. The molecular formula is C6H5F3N2O4. The molecule has 0 aliphatic carbocycles. The minimum absolute atomic E-state index is 0.286. The molecule has 0 aromatic rings. The van der Waals surface area contributed by atoms with Crippen LogP contribution in [-0.2, 0) is 4.79 Å². The lowest BCUT2D eigenvalue weighted by Crippen LogP contribution is -2.65. The van der Waals surface area contributed by atoms with Gasteiger partial charge < -0.3 is 15.5 Å². The number of hydrogen-bond donors (Lipinski definition) is 4. The number of carboxylic acids is 1. The van der Waals surface area contributed by atoms with Gasteiger partial charge in [-0.2, -0.15) is 13.2 Å². The van der Waals surface area contributed by atoms with Gasteiger partial charge in [0.05, 0.1) is 0 Å². The number of carbonyl (C=O) groups is 2. The summed E-state index contributed by atoms with van der Waals surface area (Å²) in [6.07, 6.45) is -5.04. The molecule has 1 unspecified atom stereocenters. The van der Waals surface area contributed by atoms with Gasteiger partial charge in [-0.15, -0.1) is 0 Å².